The summed E-state index contributed by atoms with van der Waals surface area (Å²) in [5, 5.41) is 5.11. The highest BCUT2D eigenvalue weighted by Gasteiger charge is 2.31. The van der Waals surface area contributed by atoms with Gasteiger partial charge in [-0.3, -0.25) is 0 Å². The molecule has 1 aliphatic heterocycles. The third-order valence-electron chi connectivity index (χ3n) is 3.51. The predicted octanol–water partition coefficient (Wildman–Crippen LogP) is 1.69. The second-order valence-electron chi connectivity index (χ2n) is 5.86. The Kier molecular flexibility index (Phi) is 6.10. The van der Waals surface area contributed by atoms with E-state index in [1.807, 2.05) is 6.92 Å². The van der Waals surface area contributed by atoms with Gasteiger partial charge in [-0.05, 0) is 38.5 Å². The van der Waals surface area contributed by atoms with Crippen molar-refractivity contribution in [1.29, 1.82) is 0 Å². The number of rotatable bonds is 6. The van der Waals surface area contributed by atoms with Crippen LogP contribution in [0.2, 0.25) is 0 Å². The van der Waals surface area contributed by atoms with Gasteiger partial charge in [0.15, 0.2) is 9.84 Å². The van der Waals surface area contributed by atoms with E-state index < -0.39 is 15.1 Å². The normalized spacial score (nSPS) is 23.3. The lowest BCUT2D eigenvalue weighted by Crippen LogP contribution is -2.44. The summed E-state index contributed by atoms with van der Waals surface area (Å²) in [6, 6.07) is -0.152. The molecule has 0 aliphatic carbocycles. The zero-order valence-corrected chi connectivity index (χ0v) is 12.9. The molecule has 112 valence electrons. The Morgan fingerprint density at radius 1 is 1.26 bits per heavy atom. The predicted molar refractivity (Wildman–Crippen MR) is 76.9 cm³/mol. The second kappa shape index (κ2) is 7.12. The smallest absolute Gasteiger partial charge is 0.315 e. The maximum atomic E-state index is 11.6. The van der Waals surface area contributed by atoms with Crippen LogP contribution in [0.25, 0.3) is 0 Å². The fourth-order valence-corrected chi connectivity index (χ4v) is 3.99. The minimum atomic E-state index is -2.98. The van der Waals surface area contributed by atoms with Crippen LogP contribution in [0.5, 0.6) is 0 Å². The second-order valence-corrected chi connectivity index (χ2v) is 8.26. The maximum Gasteiger partial charge on any atom is 0.315 e. The molecule has 2 N–H and O–H groups in total. The topological polar surface area (TPSA) is 75.3 Å². The van der Waals surface area contributed by atoms with Crippen LogP contribution in [0, 0.1) is 5.92 Å². The molecule has 2 amide bonds. The zero-order chi connectivity index (χ0) is 14.5. The Bertz CT molecular complexity index is 393. The lowest BCUT2D eigenvalue weighted by atomic mass is 10.0. The summed E-state index contributed by atoms with van der Waals surface area (Å²) in [6.07, 6.45) is 3.37. The first-order valence-electron chi connectivity index (χ1n) is 7.07. The van der Waals surface area contributed by atoms with Gasteiger partial charge in [0.2, 0.25) is 0 Å². The van der Waals surface area contributed by atoms with Crippen LogP contribution in [0.3, 0.4) is 0 Å². The molecule has 0 bridgehead atoms. The molecule has 1 fully saturated rings. The van der Waals surface area contributed by atoms with Gasteiger partial charge in [0.05, 0.1) is 11.0 Å². The van der Waals surface area contributed by atoms with Crippen molar-refractivity contribution in [2.45, 2.75) is 57.7 Å². The molecule has 5 nitrogen and oxygen atoms in total. The quantitative estimate of drug-likeness (QED) is 0.781. The molecule has 1 heterocycles. The Labute approximate surface area is 116 Å². The van der Waals surface area contributed by atoms with Gasteiger partial charge in [-0.2, -0.15) is 0 Å². The third kappa shape index (κ3) is 5.80. The summed E-state index contributed by atoms with van der Waals surface area (Å²) in [7, 11) is -2.98. The molecule has 2 atom stereocenters. The van der Waals surface area contributed by atoms with Gasteiger partial charge in [0.25, 0.3) is 0 Å². The van der Waals surface area contributed by atoms with E-state index in [1.165, 1.54) is 0 Å². The summed E-state index contributed by atoms with van der Waals surface area (Å²) < 4.78 is 23.2. The molecule has 0 saturated carbocycles. The van der Waals surface area contributed by atoms with Crippen molar-refractivity contribution >= 4 is 15.9 Å². The number of nitrogens with one attached hydrogen (secondary N) is 2. The highest BCUT2D eigenvalue weighted by Crippen LogP contribution is 2.18. The van der Waals surface area contributed by atoms with Crippen LogP contribution in [-0.2, 0) is 9.84 Å². The number of carbonyl (C=O) groups is 1. The van der Waals surface area contributed by atoms with E-state index in [0.29, 0.717) is 18.8 Å². The van der Waals surface area contributed by atoms with E-state index in [4.69, 9.17) is 0 Å². The average Bonchev–Trinajstić information content (AvgIpc) is 2.63. The van der Waals surface area contributed by atoms with Crippen molar-refractivity contribution in [2.24, 2.45) is 5.92 Å². The van der Waals surface area contributed by atoms with Gasteiger partial charge >= 0.3 is 6.03 Å². The molecule has 0 spiro atoms. The third-order valence-corrected chi connectivity index (χ3v) is 5.78. The van der Waals surface area contributed by atoms with E-state index in [9.17, 15) is 13.2 Å². The van der Waals surface area contributed by atoms with Crippen molar-refractivity contribution in [1.82, 2.24) is 10.6 Å². The number of carbonyl (C=O) groups excluding carboxylic acids is 1. The molecule has 19 heavy (non-hydrogen) atoms. The van der Waals surface area contributed by atoms with Gasteiger partial charge in [-0.25, -0.2) is 13.2 Å². The van der Waals surface area contributed by atoms with Crippen LogP contribution in [-0.4, -0.2) is 38.0 Å². The summed E-state index contributed by atoms with van der Waals surface area (Å²) in [6.45, 7) is 6.49. The van der Waals surface area contributed by atoms with Crippen molar-refractivity contribution in [3.05, 3.63) is 0 Å². The van der Waals surface area contributed by atoms with Crippen molar-refractivity contribution in [3.8, 4) is 0 Å². The first-order valence-corrected chi connectivity index (χ1v) is 8.78. The molecule has 0 unspecified atom stereocenters. The first kappa shape index (κ1) is 16.3. The molecule has 1 saturated heterocycles. The molecular formula is C13H26N2O3S. The lowest BCUT2D eigenvalue weighted by Gasteiger charge is -2.17. The van der Waals surface area contributed by atoms with Crippen LogP contribution >= 0.6 is 0 Å². The Morgan fingerprint density at radius 3 is 2.47 bits per heavy atom. The number of urea groups is 1. The molecule has 0 aromatic rings. The maximum absolute atomic E-state index is 11.6. The van der Waals surface area contributed by atoms with Gasteiger partial charge < -0.3 is 10.6 Å². The van der Waals surface area contributed by atoms with Gasteiger partial charge in [-0.15, -0.1) is 0 Å². The van der Waals surface area contributed by atoms with Gasteiger partial charge in [0.1, 0.15) is 0 Å². The van der Waals surface area contributed by atoms with Crippen molar-refractivity contribution in [2.75, 3.05) is 12.3 Å². The monoisotopic (exact) mass is 290 g/mol. The molecular weight excluding hydrogens is 264 g/mol. The highest BCUT2D eigenvalue weighted by atomic mass is 32.2. The Balaban J connectivity index is 2.24. The van der Waals surface area contributed by atoms with Crippen molar-refractivity contribution in [3.63, 3.8) is 0 Å². The van der Waals surface area contributed by atoms with E-state index in [0.717, 1.165) is 12.8 Å². The number of amides is 2. The Hall–Kier alpha value is -0.780. The van der Waals surface area contributed by atoms with E-state index in [1.54, 1.807) is 0 Å². The fraction of sp³-hybridized carbons (Fsp3) is 0.923. The van der Waals surface area contributed by atoms with Crippen LogP contribution in [0.15, 0.2) is 0 Å². The highest BCUT2D eigenvalue weighted by molar-refractivity contribution is 7.92. The first-order chi connectivity index (χ1) is 8.81. The van der Waals surface area contributed by atoms with E-state index in [2.05, 4.69) is 24.5 Å². The van der Waals surface area contributed by atoms with Gasteiger partial charge in [-0.1, -0.05) is 13.8 Å². The van der Waals surface area contributed by atoms with E-state index >= 15 is 0 Å². The minimum absolute atomic E-state index is 0.114. The summed E-state index contributed by atoms with van der Waals surface area (Å²) in [5.41, 5.74) is 0. The number of sulfone groups is 1. The summed E-state index contributed by atoms with van der Waals surface area (Å²) in [5.74, 6) is 0.877. The Morgan fingerprint density at radius 2 is 1.95 bits per heavy atom. The van der Waals surface area contributed by atoms with Crippen LogP contribution in [0.1, 0.15) is 46.5 Å². The summed E-state index contributed by atoms with van der Waals surface area (Å²) >= 11 is 0. The molecule has 1 aliphatic rings. The molecule has 1 rings (SSSR count). The minimum Gasteiger partial charge on any atom is -0.337 e. The lowest BCUT2D eigenvalue weighted by molar-refractivity contribution is 0.236. The number of hydrogen-bond acceptors (Lipinski definition) is 3. The average molecular weight is 290 g/mol. The largest absolute Gasteiger partial charge is 0.337 e. The fourth-order valence-electron chi connectivity index (χ4n) is 2.22. The zero-order valence-electron chi connectivity index (χ0n) is 12.1. The summed E-state index contributed by atoms with van der Waals surface area (Å²) in [4.78, 5) is 11.6. The van der Waals surface area contributed by atoms with E-state index in [-0.39, 0.29) is 24.4 Å². The molecule has 6 heteroatoms. The molecule has 0 aromatic heterocycles. The van der Waals surface area contributed by atoms with Gasteiger partial charge in [0, 0.05) is 12.6 Å². The molecule has 0 radical (unpaired) electrons. The number of hydrogen-bond donors (Lipinski definition) is 2. The molecule has 0 aromatic carbocycles. The standard InChI is InChI=1S/C13H26N2O3S/c1-10(2)6-7-11(3)15-13(16)14-9-12-5-4-8-19(12,17)18/h10-12H,4-9H2,1-3H3,(H2,14,15,16)/t11-,12+/m0/s1. The van der Waals surface area contributed by atoms with Crippen LogP contribution in [0.4, 0.5) is 4.79 Å². The van der Waals surface area contributed by atoms with Crippen LogP contribution < -0.4 is 10.6 Å². The van der Waals surface area contributed by atoms with Crippen molar-refractivity contribution < 1.29 is 13.2 Å². The SMILES string of the molecule is CC(C)CC[C@H](C)NC(=O)NC[C@H]1CCCS1(=O)=O.